The zero-order valence-corrected chi connectivity index (χ0v) is 10.8. The van der Waals surface area contributed by atoms with Crippen LogP contribution in [-0.4, -0.2) is 13.1 Å². The second-order valence-corrected chi connectivity index (χ2v) is 4.15. The Balaban J connectivity index is 2.73. The second-order valence-electron chi connectivity index (χ2n) is 4.15. The van der Waals surface area contributed by atoms with Gasteiger partial charge in [0.25, 0.3) is 0 Å². The van der Waals surface area contributed by atoms with E-state index in [0.717, 1.165) is 17.6 Å². The van der Waals surface area contributed by atoms with E-state index >= 15 is 0 Å². The molecule has 2 nitrogen and oxygen atoms in total. The monoisotopic (exact) mass is 232 g/mol. The number of allylic oxidation sites excluding steroid dienone is 1. The molecule has 0 fully saturated rings. The lowest BCUT2D eigenvalue weighted by Crippen LogP contribution is -1.95. The quantitative estimate of drug-likeness (QED) is 0.572. The number of carbonyl (C=O) groups excluding carboxylic acids is 1. The summed E-state index contributed by atoms with van der Waals surface area (Å²) in [7, 11) is 1.39. The van der Waals surface area contributed by atoms with Crippen LogP contribution in [0.3, 0.4) is 0 Å². The topological polar surface area (TPSA) is 26.3 Å². The van der Waals surface area contributed by atoms with E-state index < -0.39 is 0 Å². The first-order chi connectivity index (χ1) is 8.17. The van der Waals surface area contributed by atoms with Crippen LogP contribution in [-0.2, 0) is 16.0 Å². The van der Waals surface area contributed by atoms with E-state index in [1.807, 2.05) is 6.92 Å². The molecule has 0 N–H and O–H groups in total. The number of methoxy groups -OCH3 is 1. The standard InChI is InChI=1S/C15H20O2/c1-4-5-6-13-7-9-14(10-8-13)12(2)11-15(16)17-3/h7-11H,4-6H2,1-3H3. The maximum absolute atomic E-state index is 11.1. The average Bonchev–Trinajstić information content (AvgIpc) is 2.36. The van der Waals surface area contributed by atoms with Gasteiger partial charge in [0.05, 0.1) is 7.11 Å². The molecule has 0 unspecified atom stereocenters. The van der Waals surface area contributed by atoms with E-state index in [9.17, 15) is 4.79 Å². The van der Waals surface area contributed by atoms with Gasteiger partial charge in [-0.3, -0.25) is 0 Å². The molecule has 92 valence electrons. The number of esters is 1. The number of aryl methyl sites for hydroxylation is 1. The molecule has 0 saturated heterocycles. The predicted octanol–water partition coefficient (Wildman–Crippen LogP) is 3.61. The molecule has 0 heterocycles. The van der Waals surface area contributed by atoms with Crippen LogP contribution >= 0.6 is 0 Å². The van der Waals surface area contributed by atoms with Crippen LogP contribution in [0.25, 0.3) is 5.57 Å². The van der Waals surface area contributed by atoms with E-state index in [-0.39, 0.29) is 5.97 Å². The molecule has 0 aliphatic heterocycles. The minimum atomic E-state index is -0.308. The number of benzene rings is 1. The minimum absolute atomic E-state index is 0.308. The first-order valence-corrected chi connectivity index (χ1v) is 6.03. The van der Waals surface area contributed by atoms with Gasteiger partial charge in [-0.05, 0) is 36.5 Å². The van der Waals surface area contributed by atoms with Gasteiger partial charge < -0.3 is 4.74 Å². The molecule has 2 heteroatoms. The van der Waals surface area contributed by atoms with Crippen molar-refractivity contribution in [3.05, 3.63) is 41.5 Å². The van der Waals surface area contributed by atoms with E-state index in [4.69, 9.17) is 0 Å². The van der Waals surface area contributed by atoms with Crippen molar-refractivity contribution in [2.75, 3.05) is 7.11 Å². The van der Waals surface area contributed by atoms with Crippen molar-refractivity contribution in [1.82, 2.24) is 0 Å². The van der Waals surface area contributed by atoms with Crippen molar-refractivity contribution in [3.63, 3.8) is 0 Å². The van der Waals surface area contributed by atoms with Gasteiger partial charge in [-0.15, -0.1) is 0 Å². The van der Waals surface area contributed by atoms with Gasteiger partial charge in [-0.1, -0.05) is 37.6 Å². The molecule has 0 atom stereocenters. The Morgan fingerprint density at radius 1 is 1.29 bits per heavy atom. The zero-order valence-electron chi connectivity index (χ0n) is 10.8. The Morgan fingerprint density at radius 2 is 1.94 bits per heavy atom. The fraction of sp³-hybridized carbons (Fsp3) is 0.400. The summed E-state index contributed by atoms with van der Waals surface area (Å²) in [6, 6.07) is 8.36. The van der Waals surface area contributed by atoms with Crippen molar-refractivity contribution in [2.24, 2.45) is 0 Å². The van der Waals surface area contributed by atoms with Gasteiger partial charge in [0.1, 0.15) is 0 Å². The molecule has 0 saturated carbocycles. The van der Waals surface area contributed by atoms with E-state index in [0.29, 0.717) is 0 Å². The molecule has 0 aliphatic carbocycles. The first-order valence-electron chi connectivity index (χ1n) is 6.03. The molecule has 0 spiro atoms. The van der Waals surface area contributed by atoms with Crippen LogP contribution in [0.2, 0.25) is 0 Å². The summed E-state index contributed by atoms with van der Waals surface area (Å²) in [5, 5.41) is 0. The lowest BCUT2D eigenvalue weighted by atomic mass is 10.0. The molecule has 1 aromatic carbocycles. The molecule has 0 aromatic heterocycles. The maximum Gasteiger partial charge on any atom is 0.330 e. The van der Waals surface area contributed by atoms with Gasteiger partial charge in [-0.25, -0.2) is 4.79 Å². The van der Waals surface area contributed by atoms with Gasteiger partial charge >= 0.3 is 5.97 Å². The highest BCUT2D eigenvalue weighted by Gasteiger charge is 2.00. The summed E-state index contributed by atoms with van der Waals surface area (Å²) in [6.07, 6.45) is 5.07. The molecule has 0 radical (unpaired) electrons. The number of carbonyl (C=O) groups is 1. The Morgan fingerprint density at radius 3 is 2.47 bits per heavy atom. The highest BCUT2D eigenvalue weighted by Crippen LogP contribution is 2.15. The molecule has 1 rings (SSSR count). The fourth-order valence-corrected chi connectivity index (χ4v) is 1.63. The molecule has 1 aromatic rings. The Labute approximate surface area is 103 Å². The van der Waals surface area contributed by atoms with Crippen molar-refractivity contribution >= 4 is 11.5 Å². The van der Waals surface area contributed by atoms with E-state index in [2.05, 4.69) is 35.9 Å². The molecular formula is C15H20O2. The summed E-state index contributed by atoms with van der Waals surface area (Å²) in [4.78, 5) is 11.1. The highest BCUT2D eigenvalue weighted by atomic mass is 16.5. The van der Waals surface area contributed by atoms with Crippen molar-refractivity contribution in [3.8, 4) is 0 Å². The summed E-state index contributed by atoms with van der Waals surface area (Å²) in [5.74, 6) is -0.308. The van der Waals surface area contributed by atoms with E-state index in [1.165, 1.54) is 31.6 Å². The average molecular weight is 232 g/mol. The lowest BCUT2D eigenvalue weighted by molar-refractivity contribution is -0.134. The highest BCUT2D eigenvalue weighted by molar-refractivity contribution is 5.90. The number of ether oxygens (including phenoxy) is 1. The number of unbranched alkanes of at least 4 members (excludes halogenated alkanes) is 1. The third-order valence-corrected chi connectivity index (χ3v) is 2.76. The van der Waals surface area contributed by atoms with Crippen molar-refractivity contribution in [1.29, 1.82) is 0 Å². The summed E-state index contributed by atoms with van der Waals surface area (Å²) < 4.78 is 4.60. The Kier molecular flexibility index (Phi) is 5.47. The van der Waals surface area contributed by atoms with Crippen molar-refractivity contribution in [2.45, 2.75) is 33.1 Å². The molecular weight excluding hydrogens is 212 g/mol. The smallest absolute Gasteiger partial charge is 0.330 e. The van der Waals surface area contributed by atoms with Gasteiger partial charge in [0.15, 0.2) is 0 Å². The lowest BCUT2D eigenvalue weighted by Gasteiger charge is -2.04. The third kappa shape index (κ3) is 4.43. The van der Waals surface area contributed by atoms with E-state index in [1.54, 1.807) is 0 Å². The molecule has 17 heavy (non-hydrogen) atoms. The number of hydrogen-bond acceptors (Lipinski definition) is 2. The van der Waals surface area contributed by atoms with Crippen LogP contribution in [0.4, 0.5) is 0 Å². The third-order valence-electron chi connectivity index (χ3n) is 2.76. The summed E-state index contributed by atoms with van der Waals surface area (Å²) in [6.45, 7) is 4.11. The number of rotatable bonds is 5. The van der Waals surface area contributed by atoms with Gasteiger partial charge in [0.2, 0.25) is 0 Å². The molecule has 0 bridgehead atoms. The fourth-order valence-electron chi connectivity index (χ4n) is 1.63. The maximum atomic E-state index is 11.1. The van der Waals surface area contributed by atoms with Crippen LogP contribution in [0.15, 0.2) is 30.3 Å². The summed E-state index contributed by atoms with van der Waals surface area (Å²) >= 11 is 0. The Bertz CT molecular complexity index is 388. The number of hydrogen-bond donors (Lipinski definition) is 0. The predicted molar refractivity (Wildman–Crippen MR) is 70.7 cm³/mol. The van der Waals surface area contributed by atoms with Crippen LogP contribution in [0.5, 0.6) is 0 Å². The SMILES string of the molecule is CCCCc1ccc(C(C)=CC(=O)OC)cc1. The normalized spacial score (nSPS) is 11.4. The second kappa shape index (κ2) is 6.89. The van der Waals surface area contributed by atoms with Crippen LogP contribution in [0, 0.1) is 0 Å². The van der Waals surface area contributed by atoms with Crippen molar-refractivity contribution < 1.29 is 9.53 Å². The zero-order chi connectivity index (χ0) is 12.7. The van der Waals surface area contributed by atoms with Gasteiger partial charge in [-0.2, -0.15) is 0 Å². The van der Waals surface area contributed by atoms with Crippen LogP contribution in [0.1, 0.15) is 37.8 Å². The van der Waals surface area contributed by atoms with Gasteiger partial charge in [0, 0.05) is 6.08 Å². The summed E-state index contributed by atoms with van der Waals surface area (Å²) in [5.41, 5.74) is 3.34. The largest absolute Gasteiger partial charge is 0.466 e. The Hall–Kier alpha value is -1.57. The van der Waals surface area contributed by atoms with Crippen LogP contribution < -0.4 is 0 Å². The minimum Gasteiger partial charge on any atom is -0.466 e. The molecule has 0 aliphatic rings. The first kappa shape index (κ1) is 13.5. The molecule has 0 amide bonds.